The van der Waals surface area contributed by atoms with Crippen LogP contribution in [0.2, 0.25) is 0 Å². The first-order chi connectivity index (χ1) is 6.85. The number of hydrogen-bond acceptors (Lipinski definition) is 2. The molecular formula is C12H16O2. The second-order valence-corrected chi connectivity index (χ2v) is 5.31. The van der Waals surface area contributed by atoms with Crippen LogP contribution >= 0.6 is 0 Å². The molecule has 14 heavy (non-hydrogen) atoms. The van der Waals surface area contributed by atoms with Crippen molar-refractivity contribution in [2.45, 2.75) is 25.7 Å². The predicted octanol–water partition coefficient (Wildman–Crippen LogP) is 1.68. The van der Waals surface area contributed by atoms with Gasteiger partial charge in [-0.3, -0.25) is 0 Å². The summed E-state index contributed by atoms with van der Waals surface area (Å²) in [6, 6.07) is 0. The molecule has 0 amide bonds. The number of rotatable bonds is 2. The molecule has 3 aliphatic rings. The van der Waals surface area contributed by atoms with E-state index in [0.29, 0.717) is 35.5 Å². The number of fused-ring (bicyclic) bond motifs is 5. The lowest BCUT2D eigenvalue weighted by atomic mass is 9.74. The van der Waals surface area contributed by atoms with Gasteiger partial charge in [0.15, 0.2) is 0 Å². The summed E-state index contributed by atoms with van der Waals surface area (Å²) in [5.74, 6) is 3.33. The zero-order valence-electron chi connectivity index (χ0n) is 8.26. The van der Waals surface area contributed by atoms with Gasteiger partial charge >= 0.3 is 0 Å². The minimum Gasteiger partial charge on any atom is -0.303 e. The Bertz CT molecular complexity index is 273. The van der Waals surface area contributed by atoms with E-state index >= 15 is 0 Å². The van der Waals surface area contributed by atoms with E-state index in [0.717, 1.165) is 19.1 Å². The monoisotopic (exact) mass is 192 g/mol. The Balaban J connectivity index is 1.86. The van der Waals surface area contributed by atoms with Crippen molar-refractivity contribution in [3.63, 3.8) is 0 Å². The van der Waals surface area contributed by atoms with E-state index < -0.39 is 0 Å². The lowest BCUT2D eigenvalue weighted by Crippen LogP contribution is -2.28. The lowest BCUT2D eigenvalue weighted by molar-refractivity contribution is -0.114. The normalized spacial score (nSPS) is 54.6. The van der Waals surface area contributed by atoms with Crippen molar-refractivity contribution in [1.82, 2.24) is 0 Å². The van der Waals surface area contributed by atoms with Crippen molar-refractivity contribution in [2.75, 3.05) is 0 Å². The van der Waals surface area contributed by atoms with Crippen LogP contribution in [0, 0.1) is 35.5 Å². The van der Waals surface area contributed by atoms with Crippen LogP contribution in [0.3, 0.4) is 0 Å². The fraction of sp³-hybridized carbons (Fsp3) is 0.833. The lowest BCUT2D eigenvalue weighted by Gasteiger charge is -2.29. The molecule has 0 aliphatic heterocycles. The van der Waals surface area contributed by atoms with E-state index in [1.54, 1.807) is 0 Å². The van der Waals surface area contributed by atoms with Crippen molar-refractivity contribution in [2.24, 2.45) is 35.5 Å². The Hall–Kier alpha value is -0.660. The summed E-state index contributed by atoms with van der Waals surface area (Å²) < 4.78 is 0. The quantitative estimate of drug-likeness (QED) is 0.624. The van der Waals surface area contributed by atoms with Crippen LogP contribution in [0.1, 0.15) is 25.7 Å². The molecule has 6 atom stereocenters. The molecule has 0 aromatic heterocycles. The average Bonchev–Trinajstić information content (AvgIpc) is 2.87. The van der Waals surface area contributed by atoms with Crippen molar-refractivity contribution in [3.8, 4) is 0 Å². The molecule has 2 heteroatoms. The van der Waals surface area contributed by atoms with Gasteiger partial charge in [0, 0.05) is 11.8 Å². The maximum absolute atomic E-state index is 10.9. The zero-order chi connectivity index (χ0) is 9.71. The van der Waals surface area contributed by atoms with Gasteiger partial charge in [-0.25, -0.2) is 0 Å². The van der Waals surface area contributed by atoms with E-state index in [-0.39, 0.29) is 0 Å². The van der Waals surface area contributed by atoms with E-state index in [1.807, 2.05) is 0 Å². The molecule has 0 saturated heterocycles. The first-order valence-corrected chi connectivity index (χ1v) is 5.75. The van der Waals surface area contributed by atoms with Gasteiger partial charge in [0.05, 0.1) is 0 Å². The summed E-state index contributed by atoms with van der Waals surface area (Å²) in [4.78, 5) is 21.8. The maximum Gasteiger partial charge on any atom is 0.123 e. The number of aldehydes is 2. The molecule has 0 N–H and O–H groups in total. The molecule has 0 aromatic carbocycles. The fourth-order valence-electron chi connectivity index (χ4n) is 4.55. The van der Waals surface area contributed by atoms with Crippen LogP contribution in [0.5, 0.6) is 0 Å². The standard InChI is InChI=1S/C12H16O2/c13-5-7-1-2-10-11-4-8(12(7)10)3-9(11)6-14/h5-12H,1-4H2. The predicted molar refractivity (Wildman–Crippen MR) is 51.5 cm³/mol. The topological polar surface area (TPSA) is 34.1 Å². The second-order valence-electron chi connectivity index (χ2n) is 5.31. The average molecular weight is 192 g/mol. The number of hydrogen-bond donors (Lipinski definition) is 0. The summed E-state index contributed by atoms with van der Waals surface area (Å²) in [5.41, 5.74) is 0. The molecule has 0 spiro atoms. The van der Waals surface area contributed by atoms with E-state index in [2.05, 4.69) is 0 Å². The maximum atomic E-state index is 10.9. The SMILES string of the molecule is O=CC1CC2CC1C1CCC(C=O)C21. The molecule has 0 heterocycles. The third kappa shape index (κ3) is 0.918. The number of carbonyl (C=O) groups is 2. The molecule has 2 nitrogen and oxygen atoms in total. The first-order valence-electron chi connectivity index (χ1n) is 5.75. The summed E-state index contributed by atoms with van der Waals surface area (Å²) in [6.45, 7) is 0. The first kappa shape index (κ1) is 8.63. The molecule has 3 rings (SSSR count). The largest absolute Gasteiger partial charge is 0.303 e. The van der Waals surface area contributed by atoms with Gasteiger partial charge < -0.3 is 9.59 Å². The van der Waals surface area contributed by atoms with Gasteiger partial charge in [0.1, 0.15) is 12.6 Å². The molecule has 6 unspecified atom stereocenters. The Morgan fingerprint density at radius 1 is 0.857 bits per heavy atom. The van der Waals surface area contributed by atoms with Gasteiger partial charge in [-0.05, 0) is 49.4 Å². The van der Waals surface area contributed by atoms with Crippen LogP contribution < -0.4 is 0 Å². The number of carbonyl (C=O) groups excluding carboxylic acids is 2. The smallest absolute Gasteiger partial charge is 0.123 e. The molecular weight excluding hydrogens is 176 g/mol. The summed E-state index contributed by atoms with van der Waals surface area (Å²) in [6.07, 6.45) is 6.90. The van der Waals surface area contributed by atoms with E-state index in [1.165, 1.54) is 19.1 Å². The van der Waals surface area contributed by atoms with Crippen molar-refractivity contribution < 1.29 is 9.59 Å². The van der Waals surface area contributed by atoms with Crippen LogP contribution in [0.15, 0.2) is 0 Å². The Morgan fingerprint density at radius 3 is 2.36 bits per heavy atom. The summed E-state index contributed by atoms with van der Waals surface area (Å²) in [7, 11) is 0. The van der Waals surface area contributed by atoms with Gasteiger partial charge in [-0.2, -0.15) is 0 Å². The van der Waals surface area contributed by atoms with Gasteiger partial charge in [-0.1, -0.05) is 0 Å². The highest BCUT2D eigenvalue weighted by atomic mass is 16.1. The van der Waals surface area contributed by atoms with Gasteiger partial charge in [-0.15, -0.1) is 0 Å². The van der Waals surface area contributed by atoms with Crippen LogP contribution in [0.25, 0.3) is 0 Å². The van der Waals surface area contributed by atoms with E-state index in [9.17, 15) is 9.59 Å². The van der Waals surface area contributed by atoms with Crippen molar-refractivity contribution in [3.05, 3.63) is 0 Å². The third-order valence-corrected chi connectivity index (χ3v) is 4.97. The molecule has 0 aromatic rings. The summed E-state index contributed by atoms with van der Waals surface area (Å²) in [5, 5.41) is 0. The minimum atomic E-state index is 0.322. The van der Waals surface area contributed by atoms with Crippen LogP contribution in [-0.2, 0) is 9.59 Å². The molecule has 3 aliphatic carbocycles. The zero-order valence-corrected chi connectivity index (χ0v) is 8.26. The van der Waals surface area contributed by atoms with Gasteiger partial charge in [0.25, 0.3) is 0 Å². The highest BCUT2D eigenvalue weighted by molar-refractivity contribution is 5.58. The molecule has 2 bridgehead atoms. The molecule has 0 radical (unpaired) electrons. The molecule has 3 saturated carbocycles. The Kier molecular flexibility index (Phi) is 1.80. The summed E-state index contributed by atoms with van der Waals surface area (Å²) >= 11 is 0. The Morgan fingerprint density at radius 2 is 1.64 bits per heavy atom. The second kappa shape index (κ2) is 2.91. The highest BCUT2D eigenvalue weighted by Gasteiger charge is 2.56. The third-order valence-electron chi connectivity index (χ3n) is 4.97. The fourth-order valence-corrected chi connectivity index (χ4v) is 4.55. The van der Waals surface area contributed by atoms with Crippen molar-refractivity contribution in [1.29, 1.82) is 0 Å². The van der Waals surface area contributed by atoms with Crippen molar-refractivity contribution >= 4 is 12.6 Å². The molecule has 76 valence electrons. The van der Waals surface area contributed by atoms with Crippen LogP contribution in [-0.4, -0.2) is 12.6 Å². The Labute approximate surface area is 84.1 Å². The van der Waals surface area contributed by atoms with Crippen LogP contribution in [0.4, 0.5) is 0 Å². The van der Waals surface area contributed by atoms with Gasteiger partial charge in [0.2, 0.25) is 0 Å². The minimum absolute atomic E-state index is 0.322. The highest BCUT2D eigenvalue weighted by Crippen LogP contribution is 2.61. The van der Waals surface area contributed by atoms with E-state index in [4.69, 9.17) is 0 Å². The molecule has 3 fully saturated rings.